The third-order valence-electron chi connectivity index (χ3n) is 4.32. The van der Waals surface area contributed by atoms with Gasteiger partial charge in [-0.2, -0.15) is 5.10 Å². The van der Waals surface area contributed by atoms with Crippen LogP contribution in [0, 0.1) is 11.6 Å². The number of benzene rings is 2. The van der Waals surface area contributed by atoms with Crippen molar-refractivity contribution < 1.29 is 13.6 Å². The molecule has 0 bridgehead atoms. The van der Waals surface area contributed by atoms with E-state index in [4.69, 9.17) is 0 Å². The summed E-state index contributed by atoms with van der Waals surface area (Å²) in [4.78, 5) is 12.5. The molecule has 6 heteroatoms. The van der Waals surface area contributed by atoms with Crippen LogP contribution in [0.4, 0.5) is 14.6 Å². The van der Waals surface area contributed by atoms with E-state index in [-0.39, 0.29) is 5.56 Å². The van der Waals surface area contributed by atoms with Gasteiger partial charge in [0.2, 0.25) is 0 Å². The molecule has 4 rings (SSSR count). The van der Waals surface area contributed by atoms with Crippen LogP contribution in [-0.4, -0.2) is 15.7 Å². The Morgan fingerprint density at radius 3 is 2.60 bits per heavy atom. The summed E-state index contributed by atoms with van der Waals surface area (Å²) in [5.74, 6) is -1.93. The summed E-state index contributed by atoms with van der Waals surface area (Å²) in [6.07, 6.45) is 2.68. The number of rotatable bonds is 3. The second kappa shape index (κ2) is 6.12. The first-order valence-electron chi connectivity index (χ1n) is 8.06. The van der Waals surface area contributed by atoms with E-state index in [1.165, 1.54) is 6.07 Å². The molecule has 0 unspecified atom stereocenters. The number of carbonyl (C=O) groups excluding carboxylic acids is 1. The van der Waals surface area contributed by atoms with Gasteiger partial charge in [0.05, 0.1) is 11.4 Å². The molecule has 1 heterocycles. The average molecular weight is 339 g/mol. The fraction of sp³-hybridized carbons (Fsp3) is 0.158. The highest BCUT2D eigenvalue weighted by atomic mass is 19.2. The number of nitrogens with one attached hydrogen (secondary N) is 1. The second-order valence-electron chi connectivity index (χ2n) is 5.96. The van der Waals surface area contributed by atoms with Crippen molar-refractivity contribution in [1.82, 2.24) is 9.78 Å². The van der Waals surface area contributed by atoms with E-state index in [2.05, 4.69) is 10.4 Å². The molecule has 1 aromatic heterocycles. The maximum atomic E-state index is 13.4. The number of para-hydroxylation sites is 1. The van der Waals surface area contributed by atoms with Gasteiger partial charge in [0.15, 0.2) is 11.6 Å². The standard InChI is InChI=1S/C19H15F2N3O/c20-15-10-9-12(11-16(15)21)19(25)22-18-14-7-4-8-17(14)23-24(18)13-5-2-1-3-6-13/h1-3,5-6,9-11H,4,7-8H2,(H,22,25). The molecule has 1 aliphatic rings. The predicted octanol–water partition coefficient (Wildman–Crippen LogP) is 3.89. The van der Waals surface area contributed by atoms with Crippen molar-refractivity contribution in [1.29, 1.82) is 0 Å². The number of carbonyl (C=O) groups is 1. The first kappa shape index (κ1) is 15.5. The van der Waals surface area contributed by atoms with E-state index in [1.807, 2.05) is 30.3 Å². The summed E-state index contributed by atoms with van der Waals surface area (Å²) in [5.41, 5.74) is 2.85. The van der Waals surface area contributed by atoms with Crippen LogP contribution in [0.25, 0.3) is 5.69 Å². The van der Waals surface area contributed by atoms with Gasteiger partial charge < -0.3 is 5.32 Å². The van der Waals surface area contributed by atoms with E-state index in [0.29, 0.717) is 5.82 Å². The van der Waals surface area contributed by atoms with Gasteiger partial charge in [0.1, 0.15) is 5.82 Å². The smallest absolute Gasteiger partial charge is 0.256 e. The quantitative estimate of drug-likeness (QED) is 0.787. The maximum absolute atomic E-state index is 13.4. The second-order valence-corrected chi connectivity index (χ2v) is 5.96. The van der Waals surface area contributed by atoms with E-state index in [1.54, 1.807) is 4.68 Å². The molecule has 0 radical (unpaired) electrons. The Kier molecular flexibility index (Phi) is 3.80. The molecule has 4 nitrogen and oxygen atoms in total. The molecule has 1 amide bonds. The third-order valence-corrected chi connectivity index (χ3v) is 4.32. The highest BCUT2D eigenvalue weighted by Gasteiger charge is 2.24. The molecular weight excluding hydrogens is 324 g/mol. The van der Waals surface area contributed by atoms with Gasteiger partial charge in [0.25, 0.3) is 5.91 Å². The van der Waals surface area contributed by atoms with Crippen LogP contribution < -0.4 is 5.32 Å². The van der Waals surface area contributed by atoms with Crippen LogP contribution in [0.5, 0.6) is 0 Å². The summed E-state index contributed by atoms with van der Waals surface area (Å²) >= 11 is 0. The maximum Gasteiger partial charge on any atom is 0.256 e. The molecule has 0 spiro atoms. The largest absolute Gasteiger partial charge is 0.306 e. The third kappa shape index (κ3) is 2.80. The number of amides is 1. The first-order valence-corrected chi connectivity index (χ1v) is 8.06. The van der Waals surface area contributed by atoms with Gasteiger partial charge in [0, 0.05) is 11.1 Å². The minimum atomic E-state index is -1.05. The van der Waals surface area contributed by atoms with Crippen molar-refractivity contribution in [3.05, 3.63) is 77.0 Å². The van der Waals surface area contributed by atoms with Crippen LogP contribution in [-0.2, 0) is 12.8 Å². The van der Waals surface area contributed by atoms with Gasteiger partial charge in [-0.25, -0.2) is 13.5 Å². The number of hydrogen-bond donors (Lipinski definition) is 1. The van der Waals surface area contributed by atoms with Gasteiger partial charge >= 0.3 is 0 Å². The Morgan fingerprint density at radius 2 is 1.84 bits per heavy atom. The van der Waals surface area contributed by atoms with Gasteiger partial charge in [-0.05, 0) is 49.6 Å². The van der Waals surface area contributed by atoms with E-state index >= 15 is 0 Å². The van der Waals surface area contributed by atoms with Gasteiger partial charge in [-0.15, -0.1) is 0 Å². The Labute approximate surface area is 143 Å². The monoisotopic (exact) mass is 339 g/mol. The average Bonchev–Trinajstić information content (AvgIpc) is 3.20. The van der Waals surface area contributed by atoms with Crippen LogP contribution in [0.15, 0.2) is 48.5 Å². The lowest BCUT2D eigenvalue weighted by Gasteiger charge is -2.11. The molecule has 3 aromatic rings. The number of nitrogens with zero attached hydrogens (tertiary/aromatic N) is 2. The summed E-state index contributed by atoms with van der Waals surface area (Å²) in [6, 6.07) is 12.6. The molecule has 126 valence electrons. The molecule has 1 N–H and O–H groups in total. The molecule has 1 aliphatic carbocycles. The summed E-state index contributed by atoms with van der Waals surface area (Å²) in [5, 5.41) is 7.43. The summed E-state index contributed by atoms with van der Waals surface area (Å²) in [7, 11) is 0. The highest BCUT2D eigenvalue weighted by Crippen LogP contribution is 2.31. The van der Waals surface area contributed by atoms with Crippen molar-refractivity contribution >= 4 is 11.7 Å². The van der Waals surface area contributed by atoms with E-state index in [9.17, 15) is 13.6 Å². The SMILES string of the molecule is O=C(Nc1c2c(nn1-c1ccccc1)CCC2)c1ccc(F)c(F)c1. The molecule has 0 atom stereocenters. The van der Waals surface area contributed by atoms with Crippen LogP contribution in [0.3, 0.4) is 0 Å². The Morgan fingerprint density at radius 1 is 1.04 bits per heavy atom. The van der Waals surface area contributed by atoms with Crippen molar-refractivity contribution in [3.8, 4) is 5.69 Å². The molecule has 0 fully saturated rings. The number of fused-ring (bicyclic) bond motifs is 1. The van der Waals surface area contributed by atoms with Gasteiger partial charge in [-0.1, -0.05) is 18.2 Å². The zero-order valence-corrected chi connectivity index (χ0v) is 13.3. The molecule has 25 heavy (non-hydrogen) atoms. The van der Waals surface area contributed by atoms with Crippen molar-refractivity contribution in [2.75, 3.05) is 5.32 Å². The number of hydrogen-bond acceptors (Lipinski definition) is 2. The number of halogens is 2. The number of anilines is 1. The van der Waals surface area contributed by atoms with Gasteiger partial charge in [-0.3, -0.25) is 4.79 Å². The Balaban J connectivity index is 1.72. The normalized spacial score (nSPS) is 12.9. The fourth-order valence-corrected chi connectivity index (χ4v) is 3.09. The zero-order chi connectivity index (χ0) is 17.4. The molecule has 2 aromatic carbocycles. The van der Waals surface area contributed by atoms with E-state index < -0.39 is 17.5 Å². The molecule has 0 aliphatic heterocycles. The molecule has 0 saturated carbocycles. The molecule has 0 saturated heterocycles. The lowest BCUT2D eigenvalue weighted by molar-refractivity contribution is 0.102. The van der Waals surface area contributed by atoms with Crippen molar-refractivity contribution in [2.45, 2.75) is 19.3 Å². The summed E-state index contributed by atoms with van der Waals surface area (Å²) in [6.45, 7) is 0. The van der Waals surface area contributed by atoms with Crippen LogP contribution in [0.1, 0.15) is 28.0 Å². The first-order chi connectivity index (χ1) is 12.1. The Bertz CT molecular complexity index is 951. The minimum absolute atomic E-state index is 0.0615. The summed E-state index contributed by atoms with van der Waals surface area (Å²) < 4.78 is 28.2. The van der Waals surface area contributed by atoms with Crippen molar-refractivity contribution in [3.63, 3.8) is 0 Å². The highest BCUT2D eigenvalue weighted by molar-refractivity contribution is 6.04. The van der Waals surface area contributed by atoms with E-state index in [0.717, 1.165) is 48.3 Å². The topological polar surface area (TPSA) is 46.9 Å². The fourth-order valence-electron chi connectivity index (χ4n) is 3.09. The van der Waals surface area contributed by atoms with Crippen LogP contribution in [0.2, 0.25) is 0 Å². The molecular formula is C19H15F2N3O. The minimum Gasteiger partial charge on any atom is -0.306 e. The van der Waals surface area contributed by atoms with Crippen LogP contribution >= 0.6 is 0 Å². The lowest BCUT2D eigenvalue weighted by atomic mass is 10.2. The number of aromatic nitrogens is 2. The predicted molar refractivity (Wildman–Crippen MR) is 89.9 cm³/mol. The zero-order valence-electron chi connectivity index (χ0n) is 13.3. The lowest BCUT2D eigenvalue weighted by Crippen LogP contribution is -2.16. The Hall–Kier alpha value is -3.02. The van der Waals surface area contributed by atoms with Crippen molar-refractivity contribution in [2.24, 2.45) is 0 Å². The number of aryl methyl sites for hydroxylation is 1.